The molecular formula is C24H19NO3. The van der Waals surface area contributed by atoms with Crippen molar-refractivity contribution in [2.75, 3.05) is 0 Å². The van der Waals surface area contributed by atoms with Crippen molar-refractivity contribution >= 4 is 17.9 Å². The minimum atomic E-state index is -0.464. The number of carbonyl (C=O) groups excluding carboxylic acids is 1. The molecular weight excluding hydrogens is 350 g/mol. The van der Waals surface area contributed by atoms with Gasteiger partial charge in [0.25, 0.3) is 0 Å². The highest BCUT2D eigenvalue weighted by atomic mass is 16.6. The molecule has 0 atom stereocenters. The summed E-state index contributed by atoms with van der Waals surface area (Å²) >= 11 is 0. The monoisotopic (exact) mass is 369 g/mol. The van der Waals surface area contributed by atoms with E-state index in [0.717, 1.165) is 22.3 Å². The molecule has 3 aromatic rings. The van der Waals surface area contributed by atoms with Crippen molar-refractivity contribution in [3.8, 4) is 5.75 Å². The molecule has 4 nitrogen and oxygen atoms in total. The molecule has 0 aliphatic carbocycles. The molecule has 0 fully saturated rings. The van der Waals surface area contributed by atoms with Crippen LogP contribution in [-0.2, 0) is 16.1 Å². The lowest BCUT2D eigenvalue weighted by molar-refractivity contribution is -0.129. The van der Waals surface area contributed by atoms with E-state index < -0.39 is 5.97 Å². The maximum Gasteiger partial charge on any atom is 0.363 e. The number of aliphatic imine (C=N–C) groups is 1. The van der Waals surface area contributed by atoms with Crippen LogP contribution in [0.3, 0.4) is 0 Å². The van der Waals surface area contributed by atoms with Gasteiger partial charge >= 0.3 is 5.97 Å². The number of cyclic esters (lactones) is 1. The summed E-state index contributed by atoms with van der Waals surface area (Å²) in [5.41, 5.74) is 4.01. The Morgan fingerprint density at radius 1 is 0.929 bits per heavy atom. The smallest absolute Gasteiger partial charge is 0.363 e. The highest BCUT2D eigenvalue weighted by molar-refractivity contribution is 6.12. The Kier molecular flexibility index (Phi) is 5.02. The van der Waals surface area contributed by atoms with Gasteiger partial charge in [-0.3, -0.25) is 0 Å². The summed E-state index contributed by atoms with van der Waals surface area (Å²) < 4.78 is 11.3. The summed E-state index contributed by atoms with van der Waals surface area (Å²) in [6.45, 7) is 2.45. The largest absolute Gasteiger partial charge is 0.488 e. The number of hydrogen-bond acceptors (Lipinski definition) is 4. The second-order valence-corrected chi connectivity index (χ2v) is 6.51. The van der Waals surface area contributed by atoms with Crippen molar-refractivity contribution in [2.45, 2.75) is 13.5 Å². The molecule has 0 unspecified atom stereocenters. The molecule has 4 heteroatoms. The third-order valence-electron chi connectivity index (χ3n) is 4.37. The molecule has 0 saturated heterocycles. The standard InChI is InChI=1S/C24H19NO3/c1-17-11-13-19(14-12-17)23-25-21(24(26)28-23)15-20-9-5-6-10-22(20)27-16-18-7-3-2-4-8-18/h2-15H,16H2,1H3/b21-15-. The second-order valence-electron chi connectivity index (χ2n) is 6.51. The van der Waals surface area contributed by atoms with Crippen molar-refractivity contribution in [1.82, 2.24) is 0 Å². The van der Waals surface area contributed by atoms with Gasteiger partial charge in [-0.05, 0) is 36.8 Å². The Balaban J connectivity index is 1.58. The first kappa shape index (κ1) is 17.7. The predicted octanol–water partition coefficient (Wildman–Crippen LogP) is 4.92. The lowest BCUT2D eigenvalue weighted by atomic mass is 10.1. The SMILES string of the molecule is Cc1ccc(C2=N/C(=C\c3ccccc3OCc3ccccc3)C(=O)O2)cc1. The van der Waals surface area contributed by atoms with Crippen LogP contribution in [0.4, 0.5) is 0 Å². The van der Waals surface area contributed by atoms with Crippen LogP contribution in [0.15, 0.2) is 89.6 Å². The molecule has 4 rings (SSSR count). The van der Waals surface area contributed by atoms with Gasteiger partial charge in [0.1, 0.15) is 12.4 Å². The van der Waals surface area contributed by atoms with E-state index in [1.165, 1.54) is 0 Å². The fourth-order valence-corrected chi connectivity index (χ4v) is 2.84. The maximum absolute atomic E-state index is 12.3. The van der Waals surface area contributed by atoms with Gasteiger partial charge < -0.3 is 9.47 Å². The molecule has 1 aliphatic heterocycles. The van der Waals surface area contributed by atoms with Crippen molar-refractivity contribution in [3.63, 3.8) is 0 Å². The number of ether oxygens (including phenoxy) is 2. The third-order valence-corrected chi connectivity index (χ3v) is 4.37. The van der Waals surface area contributed by atoms with E-state index in [-0.39, 0.29) is 5.70 Å². The lowest BCUT2D eigenvalue weighted by Crippen LogP contribution is -2.05. The van der Waals surface area contributed by atoms with Gasteiger partial charge in [0.15, 0.2) is 5.70 Å². The Bertz CT molecular complexity index is 1050. The number of hydrogen-bond donors (Lipinski definition) is 0. The number of para-hydroxylation sites is 1. The van der Waals surface area contributed by atoms with E-state index in [9.17, 15) is 4.79 Å². The van der Waals surface area contributed by atoms with Crippen LogP contribution in [0.25, 0.3) is 6.08 Å². The summed E-state index contributed by atoms with van der Waals surface area (Å²) in [5, 5.41) is 0. The van der Waals surface area contributed by atoms with Crippen molar-refractivity contribution < 1.29 is 14.3 Å². The van der Waals surface area contributed by atoms with Crippen LogP contribution in [0.2, 0.25) is 0 Å². The number of rotatable bonds is 5. The second kappa shape index (κ2) is 7.92. The van der Waals surface area contributed by atoms with Crippen LogP contribution in [0.5, 0.6) is 5.75 Å². The first-order valence-corrected chi connectivity index (χ1v) is 9.04. The summed E-state index contributed by atoms with van der Waals surface area (Å²) in [6, 6.07) is 25.2. The molecule has 1 heterocycles. The van der Waals surface area contributed by atoms with Crippen molar-refractivity contribution in [1.29, 1.82) is 0 Å². The summed E-state index contributed by atoms with van der Waals surface area (Å²) in [6.07, 6.45) is 1.70. The van der Waals surface area contributed by atoms with E-state index in [2.05, 4.69) is 4.99 Å². The average molecular weight is 369 g/mol. The van der Waals surface area contributed by atoms with Gasteiger partial charge in [-0.15, -0.1) is 0 Å². The van der Waals surface area contributed by atoms with Gasteiger partial charge in [-0.25, -0.2) is 9.79 Å². The number of esters is 1. The molecule has 0 radical (unpaired) electrons. The third kappa shape index (κ3) is 4.01. The molecule has 138 valence electrons. The molecule has 0 amide bonds. The zero-order valence-corrected chi connectivity index (χ0v) is 15.5. The van der Waals surface area contributed by atoms with Gasteiger partial charge in [0.2, 0.25) is 5.90 Å². The van der Waals surface area contributed by atoms with E-state index in [4.69, 9.17) is 9.47 Å². The Labute approximate surface area is 163 Å². The van der Waals surface area contributed by atoms with Crippen molar-refractivity contribution in [3.05, 3.63) is 107 Å². The first-order valence-electron chi connectivity index (χ1n) is 9.04. The highest BCUT2D eigenvalue weighted by Crippen LogP contribution is 2.25. The van der Waals surface area contributed by atoms with Crippen LogP contribution < -0.4 is 4.74 Å². The molecule has 0 saturated carbocycles. The average Bonchev–Trinajstić information content (AvgIpc) is 3.09. The Morgan fingerprint density at radius 3 is 2.43 bits per heavy atom. The summed E-state index contributed by atoms with van der Waals surface area (Å²) in [4.78, 5) is 16.6. The molecule has 0 spiro atoms. The maximum atomic E-state index is 12.3. The summed E-state index contributed by atoms with van der Waals surface area (Å²) in [7, 11) is 0. The Morgan fingerprint density at radius 2 is 1.64 bits per heavy atom. The van der Waals surface area contributed by atoms with Gasteiger partial charge in [0, 0.05) is 11.1 Å². The lowest BCUT2D eigenvalue weighted by Gasteiger charge is -2.09. The molecule has 0 bridgehead atoms. The van der Waals surface area contributed by atoms with Gasteiger partial charge in [-0.1, -0.05) is 66.2 Å². The minimum absolute atomic E-state index is 0.256. The Hall–Kier alpha value is -3.66. The fraction of sp³-hybridized carbons (Fsp3) is 0.0833. The predicted molar refractivity (Wildman–Crippen MR) is 109 cm³/mol. The molecule has 0 N–H and O–H groups in total. The zero-order chi connectivity index (χ0) is 19.3. The zero-order valence-electron chi connectivity index (χ0n) is 15.5. The normalized spacial score (nSPS) is 14.7. The molecule has 1 aliphatic rings. The van der Waals surface area contributed by atoms with E-state index in [0.29, 0.717) is 18.3 Å². The number of carbonyl (C=O) groups is 1. The van der Waals surface area contributed by atoms with Gasteiger partial charge in [0.05, 0.1) is 0 Å². The fourth-order valence-electron chi connectivity index (χ4n) is 2.84. The highest BCUT2D eigenvalue weighted by Gasteiger charge is 2.24. The van der Waals surface area contributed by atoms with E-state index in [1.54, 1.807) is 6.08 Å². The number of benzene rings is 3. The quantitative estimate of drug-likeness (QED) is 0.474. The van der Waals surface area contributed by atoms with E-state index >= 15 is 0 Å². The van der Waals surface area contributed by atoms with Crippen molar-refractivity contribution in [2.24, 2.45) is 4.99 Å². The minimum Gasteiger partial charge on any atom is -0.488 e. The molecule has 3 aromatic carbocycles. The van der Waals surface area contributed by atoms with Crippen LogP contribution in [0.1, 0.15) is 22.3 Å². The van der Waals surface area contributed by atoms with E-state index in [1.807, 2.05) is 85.8 Å². The topological polar surface area (TPSA) is 47.9 Å². The summed E-state index contributed by atoms with van der Waals surface area (Å²) in [5.74, 6) is 0.540. The number of aryl methyl sites for hydroxylation is 1. The van der Waals surface area contributed by atoms with Gasteiger partial charge in [-0.2, -0.15) is 0 Å². The number of nitrogens with zero attached hydrogens (tertiary/aromatic N) is 1. The molecule has 0 aromatic heterocycles. The van der Waals surface area contributed by atoms with Crippen LogP contribution in [-0.4, -0.2) is 11.9 Å². The van der Waals surface area contributed by atoms with Crippen LogP contribution in [0, 0.1) is 6.92 Å². The molecule has 28 heavy (non-hydrogen) atoms. The van der Waals surface area contributed by atoms with Crippen LogP contribution >= 0.6 is 0 Å². The first-order chi connectivity index (χ1) is 13.7.